The summed E-state index contributed by atoms with van der Waals surface area (Å²) < 4.78 is 6.56. The molecular formula is C52H33NO. The molecule has 1 aromatic heterocycles. The molecule has 0 N–H and O–H groups in total. The average Bonchev–Trinajstić information content (AvgIpc) is 3.63. The van der Waals surface area contributed by atoms with Crippen molar-refractivity contribution < 1.29 is 4.42 Å². The van der Waals surface area contributed by atoms with Crippen molar-refractivity contribution in [3.8, 4) is 22.3 Å². The lowest BCUT2D eigenvalue weighted by Crippen LogP contribution is -2.10. The van der Waals surface area contributed by atoms with Crippen LogP contribution in [0.3, 0.4) is 0 Å². The minimum atomic E-state index is 0.882. The van der Waals surface area contributed by atoms with Crippen molar-refractivity contribution in [3.63, 3.8) is 0 Å². The van der Waals surface area contributed by atoms with Crippen molar-refractivity contribution >= 4 is 82.1 Å². The normalized spacial score (nSPS) is 11.7. The Labute approximate surface area is 312 Å². The first-order chi connectivity index (χ1) is 26.8. The summed E-state index contributed by atoms with van der Waals surface area (Å²) in [6.07, 6.45) is 0. The van der Waals surface area contributed by atoms with Gasteiger partial charge in [-0.25, -0.2) is 0 Å². The molecule has 0 atom stereocenters. The second kappa shape index (κ2) is 12.2. The summed E-state index contributed by atoms with van der Waals surface area (Å²) in [6.45, 7) is 0. The summed E-state index contributed by atoms with van der Waals surface area (Å²) in [5, 5.41) is 12.0. The molecule has 252 valence electrons. The SMILES string of the molecule is c1ccc(-c2ccc(N(c3ccc4oc5c6ccccc6ccc5c4c3)c3ccc(-c4cc5ccccc5c5ccccc45)c4ccccc34)cc2)cc1. The first kappa shape index (κ1) is 30.5. The summed E-state index contributed by atoms with van der Waals surface area (Å²) >= 11 is 0. The van der Waals surface area contributed by atoms with E-state index in [2.05, 4.69) is 205 Å². The number of anilines is 3. The first-order valence-corrected chi connectivity index (χ1v) is 18.5. The Hall–Kier alpha value is -7.16. The topological polar surface area (TPSA) is 16.4 Å². The van der Waals surface area contributed by atoms with Crippen molar-refractivity contribution in [1.82, 2.24) is 0 Å². The standard InChI is InChI=1S/C52H33NO/c1-2-12-34(13-3-1)35-22-25-38(26-23-35)53(39-27-31-51-49(33-39)47-28-24-36-14-4-7-17-41(36)52(47)54-51)50-30-29-45(43-19-10-11-21-46(43)50)48-32-37-15-5-6-16-40(37)42-18-8-9-20-44(42)48/h1-33H. The van der Waals surface area contributed by atoms with Gasteiger partial charge in [0, 0.05) is 32.9 Å². The highest BCUT2D eigenvalue weighted by Crippen LogP contribution is 2.46. The molecule has 0 amide bonds. The van der Waals surface area contributed by atoms with Crippen LogP contribution in [0.1, 0.15) is 0 Å². The Balaban J connectivity index is 1.15. The summed E-state index contributed by atoms with van der Waals surface area (Å²) in [6, 6.07) is 72.3. The zero-order chi connectivity index (χ0) is 35.6. The van der Waals surface area contributed by atoms with Crippen LogP contribution in [-0.4, -0.2) is 0 Å². The molecule has 0 spiro atoms. The number of hydrogen-bond donors (Lipinski definition) is 0. The van der Waals surface area contributed by atoms with E-state index in [1.165, 1.54) is 60.0 Å². The zero-order valence-electron chi connectivity index (χ0n) is 29.4. The second-order valence-corrected chi connectivity index (χ2v) is 14.1. The molecule has 0 radical (unpaired) electrons. The largest absolute Gasteiger partial charge is 0.455 e. The molecule has 11 aromatic rings. The molecule has 0 bridgehead atoms. The fourth-order valence-electron chi connectivity index (χ4n) is 8.48. The summed E-state index contributed by atoms with van der Waals surface area (Å²) in [7, 11) is 0. The molecule has 0 saturated carbocycles. The smallest absolute Gasteiger partial charge is 0.143 e. The van der Waals surface area contributed by atoms with Crippen LogP contribution in [-0.2, 0) is 0 Å². The third-order valence-corrected chi connectivity index (χ3v) is 11.0. The number of nitrogens with zero attached hydrogens (tertiary/aromatic N) is 1. The van der Waals surface area contributed by atoms with Gasteiger partial charge in [0.2, 0.25) is 0 Å². The Bertz CT molecular complexity index is 3210. The van der Waals surface area contributed by atoms with E-state index in [1.807, 2.05) is 0 Å². The average molecular weight is 688 g/mol. The van der Waals surface area contributed by atoms with E-state index < -0.39 is 0 Å². The fraction of sp³-hybridized carbons (Fsp3) is 0. The van der Waals surface area contributed by atoms with Gasteiger partial charge in [-0.2, -0.15) is 0 Å². The lowest BCUT2D eigenvalue weighted by Gasteiger charge is -2.28. The maximum atomic E-state index is 6.56. The summed E-state index contributed by atoms with van der Waals surface area (Å²) in [5.74, 6) is 0. The van der Waals surface area contributed by atoms with Crippen LogP contribution >= 0.6 is 0 Å². The van der Waals surface area contributed by atoms with Crippen molar-refractivity contribution in [1.29, 1.82) is 0 Å². The van der Waals surface area contributed by atoms with E-state index in [0.717, 1.165) is 44.4 Å². The number of rotatable bonds is 5. The summed E-state index contributed by atoms with van der Waals surface area (Å²) in [4.78, 5) is 2.40. The highest BCUT2D eigenvalue weighted by molar-refractivity contribution is 6.18. The highest BCUT2D eigenvalue weighted by Gasteiger charge is 2.20. The van der Waals surface area contributed by atoms with Gasteiger partial charge in [-0.3, -0.25) is 0 Å². The molecule has 0 aliphatic carbocycles. The number of hydrogen-bond acceptors (Lipinski definition) is 2. The molecule has 10 aromatic carbocycles. The third kappa shape index (κ3) is 4.81. The Morgan fingerprint density at radius 3 is 1.72 bits per heavy atom. The Morgan fingerprint density at radius 2 is 0.926 bits per heavy atom. The molecule has 0 unspecified atom stereocenters. The van der Waals surface area contributed by atoms with E-state index in [9.17, 15) is 0 Å². The van der Waals surface area contributed by atoms with Crippen molar-refractivity contribution in [2.75, 3.05) is 4.90 Å². The Morgan fingerprint density at radius 1 is 0.315 bits per heavy atom. The minimum absolute atomic E-state index is 0.882. The van der Waals surface area contributed by atoms with Crippen molar-refractivity contribution in [2.45, 2.75) is 0 Å². The maximum Gasteiger partial charge on any atom is 0.143 e. The predicted octanol–water partition coefficient (Wildman–Crippen LogP) is 15.0. The quantitative estimate of drug-likeness (QED) is 0.168. The molecule has 0 saturated heterocycles. The molecule has 54 heavy (non-hydrogen) atoms. The van der Waals surface area contributed by atoms with Crippen LogP contribution in [0.25, 0.3) is 87.3 Å². The van der Waals surface area contributed by atoms with E-state index in [4.69, 9.17) is 4.42 Å². The van der Waals surface area contributed by atoms with E-state index >= 15 is 0 Å². The van der Waals surface area contributed by atoms with Crippen LogP contribution in [0.15, 0.2) is 205 Å². The predicted molar refractivity (Wildman–Crippen MR) is 229 cm³/mol. The first-order valence-electron chi connectivity index (χ1n) is 18.5. The van der Waals surface area contributed by atoms with Crippen molar-refractivity contribution in [2.24, 2.45) is 0 Å². The van der Waals surface area contributed by atoms with Gasteiger partial charge >= 0.3 is 0 Å². The second-order valence-electron chi connectivity index (χ2n) is 14.1. The van der Waals surface area contributed by atoms with Crippen LogP contribution in [0.4, 0.5) is 17.1 Å². The minimum Gasteiger partial charge on any atom is -0.455 e. The number of furan rings is 1. The number of fused-ring (bicyclic) bond motifs is 9. The van der Waals surface area contributed by atoms with E-state index in [0.29, 0.717) is 0 Å². The van der Waals surface area contributed by atoms with Gasteiger partial charge < -0.3 is 9.32 Å². The van der Waals surface area contributed by atoms with Gasteiger partial charge in [0.15, 0.2) is 0 Å². The van der Waals surface area contributed by atoms with Crippen LogP contribution in [0.5, 0.6) is 0 Å². The molecule has 1 heterocycles. The van der Waals surface area contributed by atoms with Gasteiger partial charge in [0.25, 0.3) is 0 Å². The monoisotopic (exact) mass is 687 g/mol. The Kier molecular flexibility index (Phi) is 6.90. The van der Waals surface area contributed by atoms with Crippen molar-refractivity contribution in [3.05, 3.63) is 200 Å². The molecule has 0 aliphatic heterocycles. The lowest BCUT2D eigenvalue weighted by molar-refractivity contribution is 0.672. The summed E-state index contributed by atoms with van der Waals surface area (Å²) in [5.41, 5.74) is 9.93. The van der Waals surface area contributed by atoms with Crippen LogP contribution < -0.4 is 4.90 Å². The lowest BCUT2D eigenvalue weighted by atomic mass is 9.90. The van der Waals surface area contributed by atoms with E-state index in [1.54, 1.807) is 0 Å². The van der Waals surface area contributed by atoms with Gasteiger partial charge in [-0.1, -0.05) is 152 Å². The van der Waals surface area contributed by atoms with Gasteiger partial charge in [-0.15, -0.1) is 0 Å². The fourth-order valence-corrected chi connectivity index (χ4v) is 8.48. The molecule has 0 aliphatic rings. The molecular weight excluding hydrogens is 655 g/mol. The van der Waals surface area contributed by atoms with Gasteiger partial charge in [-0.05, 0) is 103 Å². The third-order valence-electron chi connectivity index (χ3n) is 11.0. The molecule has 11 rings (SSSR count). The number of benzene rings is 10. The van der Waals surface area contributed by atoms with Gasteiger partial charge in [0.05, 0.1) is 5.69 Å². The van der Waals surface area contributed by atoms with Gasteiger partial charge in [0.1, 0.15) is 11.2 Å². The van der Waals surface area contributed by atoms with Crippen LogP contribution in [0, 0.1) is 0 Å². The maximum absolute atomic E-state index is 6.56. The zero-order valence-corrected chi connectivity index (χ0v) is 29.4. The highest BCUT2D eigenvalue weighted by atomic mass is 16.3. The van der Waals surface area contributed by atoms with E-state index in [-0.39, 0.29) is 0 Å². The molecule has 2 heteroatoms. The molecule has 0 fully saturated rings. The van der Waals surface area contributed by atoms with Crippen LogP contribution in [0.2, 0.25) is 0 Å². The molecule has 2 nitrogen and oxygen atoms in total.